The third-order valence-electron chi connectivity index (χ3n) is 3.97. The molecule has 0 N–H and O–H groups in total. The van der Waals surface area contributed by atoms with Crippen molar-refractivity contribution in [3.8, 4) is 0 Å². The number of hydrogen-bond acceptors (Lipinski definition) is 4. The molecule has 0 aromatic carbocycles. The molecule has 5 heteroatoms. The first kappa shape index (κ1) is 15.5. The van der Waals surface area contributed by atoms with Gasteiger partial charge in [0.2, 0.25) is 0 Å². The van der Waals surface area contributed by atoms with Crippen LogP contribution >= 0.6 is 0 Å². The summed E-state index contributed by atoms with van der Waals surface area (Å²) in [6, 6.07) is 0. The van der Waals surface area contributed by atoms with Gasteiger partial charge in [-0.15, -0.1) is 0 Å². The van der Waals surface area contributed by atoms with Crippen LogP contribution in [0.4, 0.5) is 0 Å². The van der Waals surface area contributed by atoms with Gasteiger partial charge in [-0.3, -0.25) is 4.79 Å². The van der Waals surface area contributed by atoms with Crippen molar-refractivity contribution < 1.29 is 18.8 Å². The van der Waals surface area contributed by atoms with Crippen molar-refractivity contribution in [2.24, 2.45) is 0 Å². The summed E-state index contributed by atoms with van der Waals surface area (Å²) in [5, 5.41) is 0. The minimum Gasteiger partial charge on any atom is -0.469 e. The van der Waals surface area contributed by atoms with Gasteiger partial charge in [-0.2, -0.15) is 0 Å². The van der Waals surface area contributed by atoms with Crippen LogP contribution in [0.3, 0.4) is 0 Å². The average Bonchev–Trinajstić information content (AvgIpc) is 2.47. The Hall–Kier alpha value is -0.545. The highest BCUT2D eigenvalue weighted by Crippen LogP contribution is 2.41. The van der Waals surface area contributed by atoms with E-state index in [2.05, 4.69) is 6.92 Å². The van der Waals surface area contributed by atoms with Crippen molar-refractivity contribution in [2.75, 3.05) is 7.11 Å². The fourth-order valence-electron chi connectivity index (χ4n) is 2.08. The molecule has 1 heterocycles. The predicted octanol–water partition coefficient (Wildman–Crippen LogP) is 2.81. The first-order valence-corrected chi connectivity index (χ1v) is 6.66. The average molecular weight is 256 g/mol. The Kier molecular flexibility index (Phi) is 4.84. The Bertz CT molecular complexity index is 285. The first-order valence-electron chi connectivity index (χ1n) is 6.66. The van der Waals surface area contributed by atoms with E-state index in [4.69, 9.17) is 14.0 Å². The molecule has 1 rings (SSSR count). The van der Waals surface area contributed by atoms with Crippen LogP contribution in [0.2, 0.25) is 5.82 Å². The van der Waals surface area contributed by atoms with Crippen molar-refractivity contribution in [3.05, 3.63) is 0 Å². The smallest absolute Gasteiger partial charge is 0.461 e. The number of methoxy groups -OCH3 is 1. The van der Waals surface area contributed by atoms with Crippen LogP contribution in [0.5, 0.6) is 0 Å². The summed E-state index contributed by atoms with van der Waals surface area (Å²) in [5.41, 5.74) is -0.695. The van der Waals surface area contributed by atoms with Crippen molar-refractivity contribution >= 4 is 13.1 Å². The van der Waals surface area contributed by atoms with E-state index in [0.717, 1.165) is 12.8 Å². The molecule has 0 aliphatic carbocycles. The second kappa shape index (κ2) is 5.62. The van der Waals surface area contributed by atoms with Gasteiger partial charge in [0.05, 0.1) is 18.3 Å². The number of hydrogen-bond donors (Lipinski definition) is 0. The quantitative estimate of drug-likeness (QED) is 0.560. The molecule has 0 saturated carbocycles. The van der Waals surface area contributed by atoms with Gasteiger partial charge >= 0.3 is 13.1 Å². The zero-order valence-corrected chi connectivity index (χ0v) is 12.4. The molecule has 0 radical (unpaired) electrons. The highest BCUT2D eigenvalue weighted by molar-refractivity contribution is 6.47. The SMILES string of the molecule is CCC[C@H](CC(=O)OC)B1OC(C)(C)C(C)(C)O1. The van der Waals surface area contributed by atoms with Gasteiger partial charge in [0.15, 0.2) is 0 Å². The van der Waals surface area contributed by atoms with Gasteiger partial charge in [0, 0.05) is 12.2 Å². The van der Waals surface area contributed by atoms with E-state index in [1.54, 1.807) is 0 Å². The first-order chi connectivity index (χ1) is 8.23. The number of carbonyl (C=O) groups excluding carboxylic acids is 1. The van der Waals surface area contributed by atoms with Crippen molar-refractivity contribution in [2.45, 2.75) is 70.9 Å². The second-order valence-electron chi connectivity index (χ2n) is 5.95. The lowest BCUT2D eigenvalue weighted by Gasteiger charge is -2.32. The number of carbonyl (C=O) groups is 1. The van der Waals surface area contributed by atoms with E-state index >= 15 is 0 Å². The third kappa shape index (κ3) is 3.26. The third-order valence-corrected chi connectivity index (χ3v) is 3.97. The van der Waals surface area contributed by atoms with E-state index in [0.29, 0.717) is 6.42 Å². The van der Waals surface area contributed by atoms with E-state index in [9.17, 15) is 4.79 Å². The minimum absolute atomic E-state index is 0.0588. The molecular formula is C13H25BO4. The Morgan fingerprint density at radius 3 is 2.11 bits per heavy atom. The fourth-order valence-corrected chi connectivity index (χ4v) is 2.08. The summed E-state index contributed by atoms with van der Waals surface area (Å²) in [6.07, 6.45) is 2.23. The summed E-state index contributed by atoms with van der Waals surface area (Å²) in [7, 11) is 1.09. The summed E-state index contributed by atoms with van der Waals surface area (Å²) in [6.45, 7) is 10.2. The molecule has 1 saturated heterocycles. The zero-order valence-electron chi connectivity index (χ0n) is 12.4. The van der Waals surface area contributed by atoms with E-state index in [1.165, 1.54) is 7.11 Å². The Morgan fingerprint density at radius 1 is 1.22 bits per heavy atom. The molecule has 104 valence electrons. The maximum atomic E-state index is 11.4. The summed E-state index contributed by atoms with van der Waals surface area (Å²) < 4.78 is 16.7. The number of ether oxygens (including phenoxy) is 1. The lowest BCUT2D eigenvalue weighted by Crippen LogP contribution is -2.41. The van der Waals surface area contributed by atoms with Crippen molar-refractivity contribution in [3.63, 3.8) is 0 Å². The van der Waals surface area contributed by atoms with Crippen LogP contribution < -0.4 is 0 Å². The van der Waals surface area contributed by atoms with Crippen molar-refractivity contribution in [1.29, 1.82) is 0 Å². The van der Waals surface area contributed by atoms with Gasteiger partial charge in [-0.25, -0.2) is 0 Å². The lowest BCUT2D eigenvalue weighted by molar-refractivity contribution is -0.140. The maximum absolute atomic E-state index is 11.4. The summed E-state index contributed by atoms with van der Waals surface area (Å²) in [5.74, 6) is -0.147. The largest absolute Gasteiger partial charge is 0.469 e. The van der Waals surface area contributed by atoms with E-state index < -0.39 is 0 Å². The molecule has 0 aromatic heterocycles. The molecule has 0 spiro atoms. The monoisotopic (exact) mass is 256 g/mol. The molecule has 0 amide bonds. The Balaban J connectivity index is 2.74. The molecule has 1 aliphatic heterocycles. The second-order valence-corrected chi connectivity index (χ2v) is 5.95. The molecule has 4 nitrogen and oxygen atoms in total. The van der Waals surface area contributed by atoms with Crippen LogP contribution in [0.1, 0.15) is 53.9 Å². The topological polar surface area (TPSA) is 44.8 Å². The molecule has 18 heavy (non-hydrogen) atoms. The van der Waals surface area contributed by atoms with Crippen molar-refractivity contribution in [1.82, 2.24) is 0 Å². The Labute approximate surface area is 111 Å². The predicted molar refractivity (Wildman–Crippen MR) is 71.4 cm³/mol. The van der Waals surface area contributed by atoms with Crippen LogP contribution in [0.25, 0.3) is 0 Å². The minimum atomic E-state index is -0.347. The Morgan fingerprint density at radius 2 is 1.72 bits per heavy atom. The summed E-state index contributed by atoms with van der Waals surface area (Å²) >= 11 is 0. The molecular weight excluding hydrogens is 231 g/mol. The highest BCUT2D eigenvalue weighted by atomic mass is 16.7. The van der Waals surface area contributed by atoms with E-state index in [-0.39, 0.29) is 30.1 Å². The zero-order chi connectivity index (χ0) is 14.0. The fraction of sp³-hybridized carbons (Fsp3) is 0.923. The van der Waals surface area contributed by atoms with Gasteiger partial charge in [0.25, 0.3) is 0 Å². The van der Waals surface area contributed by atoms with Gasteiger partial charge in [-0.05, 0) is 27.7 Å². The normalized spacial score (nSPS) is 22.9. The van der Waals surface area contributed by atoms with Gasteiger partial charge in [-0.1, -0.05) is 19.8 Å². The molecule has 0 aromatic rings. The molecule has 1 atom stereocenters. The van der Waals surface area contributed by atoms with Crippen LogP contribution in [-0.4, -0.2) is 31.4 Å². The van der Waals surface area contributed by atoms with Crippen LogP contribution in [0, 0.1) is 0 Å². The van der Waals surface area contributed by atoms with Crippen LogP contribution in [-0.2, 0) is 18.8 Å². The number of esters is 1. The summed E-state index contributed by atoms with van der Waals surface area (Å²) in [4.78, 5) is 11.4. The molecule has 1 aliphatic rings. The maximum Gasteiger partial charge on any atom is 0.461 e. The number of rotatable bonds is 5. The molecule has 0 bridgehead atoms. The lowest BCUT2D eigenvalue weighted by atomic mass is 9.67. The van der Waals surface area contributed by atoms with Gasteiger partial charge in [0.1, 0.15) is 0 Å². The van der Waals surface area contributed by atoms with Gasteiger partial charge < -0.3 is 14.0 Å². The standard InChI is InChI=1S/C13H25BO4/c1-7-8-10(9-11(15)16-6)14-17-12(2,3)13(4,5)18-14/h10H,7-9H2,1-6H3/t10-/m1/s1. The molecule has 0 unspecified atom stereocenters. The van der Waals surface area contributed by atoms with E-state index in [1.807, 2.05) is 27.7 Å². The van der Waals surface area contributed by atoms with Crippen LogP contribution in [0.15, 0.2) is 0 Å². The highest BCUT2D eigenvalue weighted by Gasteiger charge is 2.53. The molecule has 1 fully saturated rings.